The van der Waals surface area contributed by atoms with Crippen molar-refractivity contribution in [1.82, 2.24) is 10.2 Å². The Kier molecular flexibility index (Phi) is 5.68. The summed E-state index contributed by atoms with van der Waals surface area (Å²) in [6.07, 6.45) is 2.53. The van der Waals surface area contributed by atoms with E-state index >= 15 is 0 Å². The zero-order chi connectivity index (χ0) is 19.4. The lowest BCUT2D eigenvalue weighted by atomic mass is 10.0. The number of rotatable bonds is 6. The number of nitrogens with one attached hydrogen (secondary N) is 1. The molecule has 1 aromatic carbocycles. The van der Waals surface area contributed by atoms with Crippen molar-refractivity contribution in [1.29, 1.82) is 0 Å². The van der Waals surface area contributed by atoms with E-state index in [-0.39, 0.29) is 34.3 Å². The maximum absolute atomic E-state index is 12.6. The van der Waals surface area contributed by atoms with Crippen molar-refractivity contribution in [3.8, 4) is 11.5 Å². The van der Waals surface area contributed by atoms with Crippen molar-refractivity contribution in [2.75, 3.05) is 20.8 Å². The molecule has 1 aromatic rings. The number of methoxy groups -OCH3 is 2. The monoisotopic (exact) mass is 377 g/mol. The molecule has 0 aromatic heterocycles. The summed E-state index contributed by atoms with van der Waals surface area (Å²) in [4.78, 5) is 36.8. The van der Waals surface area contributed by atoms with Crippen molar-refractivity contribution < 1.29 is 24.0 Å². The number of nitrogens with zero attached hydrogens (tertiary/aromatic N) is 2. The van der Waals surface area contributed by atoms with Gasteiger partial charge in [0.2, 0.25) is 0 Å². The van der Waals surface area contributed by atoms with Crippen molar-refractivity contribution in [2.24, 2.45) is 0 Å². The molecule has 10 heteroatoms. The molecule has 0 saturated carbocycles. The van der Waals surface area contributed by atoms with Gasteiger partial charge >= 0.3 is 5.69 Å². The van der Waals surface area contributed by atoms with Crippen molar-refractivity contribution in [3.63, 3.8) is 0 Å². The molecule has 0 bridgehead atoms. The number of benzene rings is 1. The Morgan fingerprint density at radius 1 is 1.31 bits per heavy atom. The molecule has 1 aliphatic heterocycles. The maximum Gasteiger partial charge on any atom is 0.321 e. The fraction of sp³-hybridized carbons (Fsp3) is 0.188. The third-order valence-electron chi connectivity index (χ3n) is 3.55. The Morgan fingerprint density at radius 3 is 2.46 bits per heavy atom. The average molecular weight is 377 g/mol. The van der Waals surface area contributed by atoms with Gasteiger partial charge in [0.25, 0.3) is 11.8 Å². The number of carbonyl (C=O) groups is 2. The first-order valence-corrected chi connectivity index (χ1v) is 7.65. The number of carbonyl (C=O) groups excluding carboxylic acids is 2. The number of ether oxygens (including phenoxy) is 2. The Balaban J connectivity index is 2.68. The second-order valence-corrected chi connectivity index (χ2v) is 5.40. The van der Waals surface area contributed by atoms with Crippen LogP contribution in [-0.4, -0.2) is 47.5 Å². The van der Waals surface area contributed by atoms with Crippen LogP contribution in [0.4, 0.5) is 5.69 Å². The van der Waals surface area contributed by atoms with Crippen LogP contribution in [-0.2, 0) is 9.59 Å². The molecule has 2 rings (SSSR count). The van der Waals surface area contributed by atoms with Crippen LogP contribution in [0.2, 0.25) is 0 Å². The predicted molar refractivity (Wildman–Crippen MR) is 96.8 cm³/mol. The van der Waals surface area contributed by atoms with Gasteiger partial charge < -0.3 is 9.47 Å². The van der Waals surface area contributed by atoms with Gasteiger partial charge in [0.05, 0.1) is 24.7 Å². The molecule has 0 atom stereocenters. The summed E-state index contributed by atoms with van der Waals surface area (Å²) in [5.41, 5.74) is -0.819. The number of amides is 2. The molecular weight excluding hydrogens is 362 g/mol. The summed E-state index contributed by atoms with van der Waals surface area (Å²) in [6.45, 7) is 3.60. The molecule has 1 aliphatic rings. The molecule has 1 N–H and O–H groups in total. The fourth-order valence-electron chi connectivity index (χ4n) is 2.37. The van der Waals surface area contributed by atoms with Crippen molar-refractivity contribution in [2.45, 2.75) is 0 Å². The minimum absolute atomic E-state index is 0.0372. The summed E-state index contributed by atoms with van der Waals surface area (Å²) in [7, 11) is 2.59. The molecule has 1 saturated heterocycles. The van der Waals surface area contributed by atoms with E-state index in [1.54, 1.807) is 0 Å². The van der Waals surface area contributed by atoms with Gasteiger partial charge in [-0.25, -0.2) is 0 Å². The first-order chi connectivity index (χ1) is 12.3. The molecule has 1 heterocycles. The predicted octanol–water partition coefficient (Wildman–Crippen LogP) is 1.42. The highest BCUT2D eigenvalue weighted by Crippen LogP contribution is 2.38. The lowest BCUT2D eigenvalue weighted by Gasteiger charge is -2.27. The van der Waals surface area contributed by atoms with Crippen LogP contribution in [0.1, 0.15) is 5.56 Å². The van der Waals surface area contributed by atoms with Gasteiger partial charge in [-0.1, -0.05) is 6.08 Å². The van der Waals surface area contributed by atoms with Crippen molar-refractivity contribution in [3.05, 3.63) is 46.0 Å². The molecule has 136 valence electrons. The average Bonchev–Trinajstić information content (AvgIpc) is 2.61. The summed E-state index contributed by atoms with van der Waals surface area (Å²) in [6, 6.07) is 2.80. The van der Waals surface area contributed by atoms with Gasteiger partial charge in [-0.15, -0.1) is 6.58 Å². The van der Waals surface area contributed by atoms with E-state index in [9.17, 15) is 19.7 Å². The van der Waals surface area contributed by atoms with E-state index in [2.05, 4.69) is 11.9 Å². The number of hydrogen-bond donors (Lipinski definition) is 1. The molecule has 26 heavy (non-hydrogen) atoms. The minimum Gasteiger partial charge on any atom is -0.496 e. The summed E-state index contributed by atoms with van der Waals surface area (Å²) in [5.74, 6) is -1.39. The third-order valence-corrected chi connectivity index (χ3v) is 3.87. The van der Waals surface area contributed by atoms with Gasteiger partial charge in [0.1, 0.15) is 11.3 Å². The number of thiocarbonyl (C=S) groups is 1. The van der Waals surface area contributed by atoms with Crippen LogP contribution >= 0.6 is 12.2 Å². The second kappa shape index (κ2) is 7.74. The zero-order valence-corrected chi connectivity index (χ0v) is 14.8. The first-order valence-electron chi connectivity index (χ1n) is 7.24. The molecule has 1 fully saturated rings. The molecular formula is C16H15N3O6S. The molecule has 0 unspecified atom stereocenters. The summed E-state index contributed by atoms with van der Waals surface area (Å²) < 4.78 is 10.1. The van der Waals surface area contributed by atoms with E-state index in [1.807, 2.05) is 0 Å². The van der Waals surface area contributed by atoms with Crippen LogP contribution in [0, 0.1) is 10.1 Å². The molecule has 9 nitrogen and oxygen atoms in total. The van der Waals surface area contributed by atoms with Gasteiger partial charge in [0.15, 0.2) is 10.9 Å². The highest BCUT2D eigenvalue weighted by molar-refractivity contribution is 7.80. The summed E-state index contributed by atoms with van der Waals surface area (Å²) in [5, 5.41) is 13.8. The molecule has 2 amide bonds. The highest BCUT2D eigenvalue weighted by Gasteiger charge is 2.34. The van der Waals surface area contributed by atoms with E-state index in [0.29, 0.717) is 0 Å². The zero-order valence-electron chi connectivity index (χ0n) is 14.0. The largest absolute Gasteiger partial charge is 0.496 e. The van der Waals surface area contributed by atoms with Crippen molar-refractivity contribution >= 4 is 40.9 Å². The maximum atomic E-state index is 12.6. The van der Waals surface area contributed by atoms with Gasteiger partial charge in [-0.3, -0.25) is 29.9 Å². The summed E-state index contributed by atoms with van der Waals surface area (Å²) >= 11 is 4.97. The van der Waals surface area contributed by atoms with E-state index < -0.39 is 22.4 Å². The highest BCUT2D eigenvalue weighted by atomic mass is 32.1. The van der Waals surface area contributed by atoms with Crippen LogP contribution in [0.15, 0.2) is 30.4 Å². The van der Waals surface area contributed by atoms with Crippen LogP contribution in [0.25, 0.3) is 6.08 Å². The quantitative estimate of drug-likeness (QED) is 0.199. The Hall–Kier alpha value is -3.27. The first kappa shape index (κ1) is 19.1. The third kappa shape index (κ3) is 3.40. The number of hydrogen-bond acceptors (Lipinski definition) is 7. The SMILES string of the molecule is C=CCN1C(=O)/C(=C/c2c(OC)ccc(OC)c2[N+](=O)[O-])C(=O)NC1=S. The van der Waals surface area contributed by atoms with E-state index in [4.69, 9.17) is 21.7 Å². The number of nitro groups is 1. The van der Waals surface area contributed by atoms with E-state index in [1.165, 1.54) is 32.4 Å². The van der Waals surface area contributed by atoms with Crippen LogP contribution < -0.4 is 14.8 Å². The van der Waals surface area contributed by atoms with Crippen LogP contribution in [0.3, 0.4) is 0 Å². The fourth-order valence-corrected chi connectivity index (χ4v) is 2.62. The standard InChI is InChI=1S/C16H15N3O6S/c1-4-7-18-15(21)10(14(20)17-16(18)26)8-9-11(24-2)5-6-12(25-3)13(9)19(22)23/h4-6,8H,1,7H2,2-3H3,(H,17,20,26)/b10-8+. The topological polar surface area (TPSA) is 111 Å². The molecule has 0 spiro atoms. The van der Waals surface area contributed by atoms with Gasteiger partial charge in [-0.05, 0) is 30.4 Å². The van der Waals surface area contributed by atoms with Gasteiger partial charge in [0, 0.05) is 6.54 Å². The Labute approximate surface area is 154 Å². The lowest BCUT2D eigenvalue weighted by Crippen LogP contribution is -2.53. The molecule has 0 aliphatic carbocycles. The van der Waals surface area contributed by atoms with Crippen LogP contribution in [0.5, 0.6) is 11.5 Å². The van der Waals surface area contributed by atoms with Gasteiger partial charge in [-0.2, -0.15) is 0 Å². The normalized spacial score (nSPS) is 15.7. The Morgan fingerprint density at radius 2 is 1.92 bits per heavy atom. The molecule has 0 radical (unpaired) electrons. The minimum atomic E-state index is -0.764. The second-order valence-electron chi connectivity index (χ2n) is 5.01. The van der Waals surface area contributed by atoms with E-state index in [0.717, 1.165) is 11.0 Å². The smallest absolute Gasteiger partial charge is 0.321 e. The number of nitro benzene ring substituents is 1. The lowest BCUT2D eigenvalue weighted by molar-refractivity contribution is -0.386. The Bertz CT molecular complexity index is 849.